The van der Waals surface area contributed by atoms with Crippen LogP contribution in [0.3, 0.4) is 0 Å². The summed E-state index contributed by atoms with van der Waals surface area (Å²) in [5.41, 5.74) is 3.38. The number of β-amino-alcohol motifs (C(OH)–C–C–N with tert-alkyl or cyclic N) is 1. The van der Waals surface area contributed by atoms with Gasteiger partial charge < -0.3 is 55.4 Å². The number of anilines is 2. The molecule has 0 bridgehead atoms. The van der Waals surface area contributed by atoms with Crippen LogP contribution in [0.5, 0.6) is 5.75 Å². The number of terminal acetylenes is 1. The van der Waals surface area contributed by atoms with Crippen molar-refractivity contribution in [2.75, 3.05) is 95.4 Å². The van der Waals surface area contributed by atoms with Gasteiger partial charge in [0.25, 0.3) is 0 Å². The Bertz CT molecular complexity index is 2300. The van der Waals surface area contributed by atoms with E-state index < -0.39 is 23.6 Å². The van der Waals surface area contributed by atoms with Crippen LogP contribution < -0.4 is 20.9 Å². The van der Waals surface area contributed by atoms with Crippen molar-refractivity contribution in [2.45, 2.75) is 102 Å². The maximum atomic E-state index is 14.2. The zero-order valence-corrected chi connectivity index (χ0v) is 39.9. The van der Waals surface area contributed by atoms with Crippen molar-refractivity contribution in [2.24, 2.45) is 5.41 Å². The molecule has 5 N–H and O–H groups in total. The van der Waals surface area contributed by atoms with Crippen LogP contribution in [0.1, 0.15) is 64.0 Å². The molecule has 0 aliphatic carbocycles. The zero-order valence-electron chi connectivity index (χ0n) is 39.9. The van der Waals surface area contributed by atoms with Crippen LogP contribution in [-0.4, -0.2) is 190 Å². The number of hydrogen-bond donors (Lipinski definition) is 5. The molecule has 0 saturated carbocycles. The normalized spacial score (nSPS) is 24.9. The summed E-state index contributed by atoms with van der Waals surface area (Å²) in [7, 11) is 0. The van der Waals surface area contributed by atoms with Gasteiger partial charge in [-0.15, -0.1) is 16.6 Å². The second-order valence-electron chi connectivity index (χ2n) is 20.6. The van der Waals surface area contributed by atoms with Crippen molar-refractivity contribution in [3.63, 3.8) is 0 Å². The van der Waals surface area contributed by atoms with E-state index in [4.69, 9.17) is 11.2 Å². The van der Waals surface area contributed by atoms with Gasteiger partial charge in [-0.25, -0.2) is 4.79 Å². The minimum atomic E-state index is -0.919. The van der Waals surface area contributed by atoms with Gasteiger partial charge in [-0.3, -0.25) is 14.5 Å². The Balaban J connectivity index is 0.713. The number of piperazine rings is 1. The van der Waals surface area contributed by atoms with E-state index in [0.29, 0.717) is 49.1 Å². The quantitative estimate of drug-likeness (QED) is 0.188. The molecule has 0 radical (unpaired) electrons. The summed E-state index contributed by atoms with van der Waals surface area (Å²) in [5.74, 6) is 2.86. The number of benzene rings is 2. The molecule has 364 valence electrons. The predicted molar refractivity (Wildman–Crippen MR) is 260 cm³/mol. The number of nitrogens with zero attached hydrogens (tertiary/aromatic N) is 8. The van der Waals surface area contributed by atoms with Crippen molar-refractivity contribution in [1.29, 1.82) is 0 Å². The summed E-state index contributed by atoms with van der Waals surface area (Å²) in [6, 6.07) is 16.0. The lowest BCUT2D eigenvalue weighted by Gasteiger charge is -2.50. The van der Waals surface area contributed by atoms with Crippen LogP contribution in [0.2, 0.25) is 0 Å². The third kappa shape index (κ3) is 10.7. The number of likely N-dealkylation sites (tertiary alicyclic amines) is 3. The highest BCUT2D eigenvalue weighted by molar-refractivity contribution is 5.93. The van der Waals surface area contributed by atoms with Crippen molar-refractivity contribution in [1.82, 2.24) is 45.3 Å². The topological polar surface area (TPSA) is 182 Å². The molecule has 0 unspecified atom stereocenters. The average Bonchev–Trinajstić information content (AvgIpc) is 3.76. The summed E-state index contributed by atoms with van der Waals surface area (Å²) in [6.07, 6.45) is 9.17. The largest absolute Gasteiger partial charge is 0.507 e. The van der Waals surface area contributed by atoms with Gasteiger partial charge in [0.2, 0.25) is 11.8 Å². The number of nitrogens with one attached hydrogen (secondary N) is 3. The minimum absolute atomic E-state index is 0.0135. The number of aromatic hydroxyl groups is 1. The molecule has 2 aromatic carbocycles. The van der Waals surface area contributed by atoms with Gasteiger partial charge in [-0.05, 0) is 93.2 Å². The average molecular weight is 932 g/mol. The van der Waals surface area contributed by atoms with Crippen LogP contribution in [0.15, 0.2) is 54.6 Å². The molecule has 9 rings (SSSR count). The molecular formula is C51H69N11O6. The zero-order chi connectivity index (χ0) is 47.5. The van der Waals surface area contributed by atoms with Crippen LogP contribution >= 0.6 is 0 Å². The summed E-state index contributed by atoms with van der Waals surface area (Å²) < 4.78 is 6.22. The highest BCUT2D eigenvalue weighted by atomic mass is 16.5. The Kier molecular flexibility index (Phi) is 14.4. The number of urea groups is 1. The molecule has 6 aliphatic rings. The number of amides is 4. The number of morpholine rings is 1. The van der Waals surface area contributed by atoms with Crippen LogP contribution in [0.4, 0.5) is 16.3 Å². The molecule has 68 heavy (non-hydrogen) atoms. The van der Waals surface area contributed by atoms with Gasteiger partial charge in [0, 0.05) is 88.5 Å². The van der Waals surface area contributed by atoms with E-state index >= 15 is 0 Å². The SMILES string of the molecule is C#Cc1ccc(CNC(=O)[C@@H]2C[C@@H](O)CN2C(=O)[C@@H](NC(=O)N2CCO[C@H](CN3CCC(N4CCC(N5CCN6c7cc(-c8ccccc8O)nnc7NC[C@H]6C5)CC4)CC3)C2)C(C)(C)C)cc1. The Labute approximate surface area is 400 Å². The van der Waals surface area contributed by atoms with Crippen LogP contribution in [0.25, 0.3) is 11.3 Å². The van der Waals surface area contributed by atoms with Gasteiger partial charge in [0.15, 0.2) is 5.82 Å². The monoisotopic (exact) mass is 932 g/mol. The van der Waals surface area contributed by atoms with Crippen molar-refractivity contribution >= 4 is 29.4 Å². The predicted octanol–water partition coefficient (Wildman–Crippen LogP) is 2.78. The lowest BCUT2D eigenvalue weighted by atomic mass is 9.85. The third-order valence-corrected chi connectivity index (χ3v) is 15.1. The van der Waals surface area contributed by atoms with Gasteiger partial charge in [-0.2, -0.15) is 0 Å². The number of aromatic nitrogens is 2. The highest BCUT2D eigenvalue weighted by Gasteiger charge is 2.45. The van der Waals surface area contributed by atoms with Gasteiger partial charge >= 0.3 is 6.03 Å². The van der Waals surface area contributed by atoms with Crippen LogP contribution in [-0.2, 0) is 20.9 Å². The number of aliphatic hydroxyl groups excluding tert-OH is 1. The lowest BCUT2D eigenvalue weighted by Crippen LogP contribution is -2.61. The number of ether oxygens (including phenoxy) is 1. The number of phenols is 1. The molecule has 4 amide bonds. The molecular weight excluding hydrogens is 863 g/mol. The smallest absolute Gasteiger partial charge is 0.318 e. The molecule has 5 saturated heterocycles. The number of hydrogen-bond acceptors (Lipinski definition) is 13. The summed E-state index contributed by atoms with van der Waals surface area (Å²) in [4.78, 5) is 55.1. The summed E-state index contributed by atoms with van der Waals surface area (Å²) in [6.45, 7) is 16.0. The standard InChI is InChI=1S/C51H69N11O6/c1-5-34-10-12-35(13-11-34)28-53-48(65)44-26-39(63)31-62(44)49(66)46(51(2,3)4)54-50(67)60-24-25-68-40(33-60)32-57-18-14-36(15-19-57)58-20-16-37(17-21-58)59-22-23-61-38(30-59)29-52-47-43(61)27-42(55-56-47)41-8-6-7-9-45(41)64/h1,6-13,27,36-40,44,46,63-64H,14-26,28-33H2,2-4H3,(H,52,56)(H,53,65)(H,54,67)/t38-,39+,40+,44-,46+/m0/s1. The Morgan fingerprint density at radius 1 is 0.897 bits per heavy atom. The molecule has 7 heterocycles. The fraction of sp³-hybridized carbons (Fsp3) is 0.588. The molecule has 17 heteroatoms. The number of fused-ring (bicyclic) bond motifs is 3. The van der Waals surface area contributed by atoms with E-state index in [1.165, 1.54) is 17.7 Å². The van der Waals surface area contributed by atoms with E-state index in [0.717, 1.165) is 94.4 Å². The first-order chi connectivity index (χ1) is 32.8. The number of carbonyl (C=O) groups is 3. The first-order valence-corrected chi connectivity index (χ1v) is 24.7. The second kappa shape index (κ2) is 20.6. The van der Waals surface area contributed by atoms with Crippen molar-refractivity contribution in [3.05, 3.63) is 65.7 Å². The van der Waals surface area contributed by atoms with Gasteiger partial charge in [-0.1, -0.05) is 51.0 Å². The fourth-order valence-corrected chi connectivity index (χ4v) is 11.2. The molecule has 6 aliphatic heterocycles. The second-order valence-corrected chi connectivity index (χ2v) is 20.6. The molecule has 1 aromatic heterocycles. The first-order valence-electron chi connectivity index (χ1n) is 24.7. The fourth-order valence-electron chi connectivity index (χ4n) is 11.2. The number of para-hydroxylation sites is 1. The third-order valence-electron chi connectivity index (χ3n) is 15.1. The van der Waals surface area contributed by atoms with Crippen molar-refractivity contribution in [3.8, 4) is 29.4 Å². The summed E-state index contributed by atoms with van der Waals surface area (Å²) in [5, 5.41) is 39.5. The molecule has 5 fully saturated rings. The Morgan fingerprint density at radius 2 is 1.63 bits per heavy atom. The lowest BCUT2D eigenvalue weighted by molar-refractivity contribution is -0.142. The van der Waals surface area contributed by atoms with Gasteiger partial charge in [0.1, 0.15) is 17.8 Å². The molecule has 5 atom stereocenters. The van der Waals surface area contributed by atoms with E-state index in [-0.39, 0.29) is 49.2 Å². The highest BCUT2D eigenvalue weighted by Crippen LogP contribution is 2.37. The maximum Gasteiger partial charge on any atom is 0.318 e. The number of piperidine rings is 2. The molecule has 17 nitrogen and oxygen atoms in total. The molecule has 3 aromatic rings. The first kappa shape index (κ1) is 47.6. The maximum absolute atomic E-state index is 14.2. The van der Waals surface area contributed by atoms with E-state index in [1.54, 1.807) is 11.0 Å². The minimum Gasteiger partial charge on any atom is -0.507 e. The Morgan fingerprint density at radius 3 is 2.37 bits per heavy atom. The number of phenolic OH excluding ortho intramolecular Hbond substituents is 1. The van der Waals surface area contributed by atoms with E-state index in [9.17, 15) is 24.6 Å². The van der Waals surface area contributed by atoms with Gasteiger partial charge in [0.05, 0.1) is 36.2 Å². The summed E-state index contributed by atoms with van der Waals surface area (Å²) >= 11 is 0. The number of aliphatic hydroxyl groups is 1. The number of rotatable bonds is 10. The van der Waals surface area contributed by atoms with E-state index in [1.807, 2.05) is 63.2 Å². The van der Waals surface area contributed by atoms with Crippen LogP contribution in [0, 0.1) is 17.8 Å². The number of carbonyl (C=O) groups excluding carboxylic acids is 3. The molecule has 0 spiro atoms. The van der Waals surface area contributed by atoms with Crippen molar-refractivity contribution < 1.29 is 29.3 Å². The van der Waals surface area contributed by atoms with E-state index in [2.05, 4.69) is 57.7 Å². The Hall–Kier alpha value is -5.51.